The number of aryl methyl sites for hydroxylation is 2. The van der Waals surface area contributed by atoms with Crippen LogP contribution in [-0.4, -0.2) is 49.1 Å². The van der Waals surface area contributed by atoms with Crippen molar-refractivity contribution >= 4 is 0 Å². The zero-order valence-electron chi connectivity index (χ0n) is 15.7. The van der Waals surface area contributed by atoms with E-state index in [4.69, 9.17) is 0 Å². The molecule has 2 aromatic carbocycles. The molecule has 136 valence electrons. The fourth-order valence-electron chi connectivity index (χ4n) is 3.24. The quantitative estimate of drug-likeness (QED) is 0.775. The third-order valence-corrected chi connectivity index (χ3v) is 5.03. The maximum atomic E-state index is 13.1. The highest BCUT2D eigenvalue weighted by atomic mass is 19.1. The van der Waals surface area contributed by atoms with Gasteiger partial charge in [-0.25, -0.2) is 4.39 Å². The van der Waals surface area contributed by atoms with Crippen LogP contribution in [0.15, 0.2) is 48.5 Å². The summed E-state index contributed by atoms with van der Waals surface area (Å²) in [4.78, 5) is 4.85. The SMILES string of the molecule is Cc1ccc(C#CC(CCc2ccc(F)cc2)N2CCN(C)CC2)cc1. The Bertz CT molecular complexity index is 748. The lowest BCUT2D eigenvalue weighted by Gasteiger charge is -2.36. The van der Waals surface area contributed by atoms with Gasteiger partial charge in [0, 0.05) is 31.7 Å². The summed E-state index contributed by atoms with van der Waals surface area (Å²) in [6.07, 6.45) is 1.88. The lowest BCUT2D eigenvalue weighted by atomic mass is 10.0. The van der Waals surface area contributed by atoms with Crippen molar-refractivity contribution in [3.63, 3.8) is 0 Å². The number of hydrogen-bond donors (Lipinski definition) is 0. The van der Waals surface area contributed by atoms with E-state index >= 15 is 0 Å². The molecule has 1 aliphatic rings. The van der Waals surface area contributed by atoms with Crippen LogP contribution >= 0.6 is 0 Å². The molecule has 2 nitrogen and oxygen atoms in total. The largest absolute Gasteiger partial charge is 0.304 e. The number of likely N-dealkylation sites (N-methyl/N-ethyl adjacent to an activating group) is 1. The summed E-state index contributed by atoms with van der Waals surface area (Å²) in [5.41, 5.74) is 3.49. The van der Waals surface area contributed by atoms with E-state index < -0.39 is 0 Å². The summed E-state index contributed by atoms with van der Waals surface area (Å²) in [6.45, 7) is 6.35. The minimum atomic E-state index is -0.177. The normalized spacial score (nSPS) is 16.7. The highest BCUT2D eigenvalue weighted by Crippen LogP contribution is 2.13. The van der Waals surface area contributed by atoms with Crippen molar-refractivity contribution in [2.75, 3.05) is 33.2 Å². The Kier molecular flexibility index (Phi) is 6.44. The van der Waals surface area contributed by atoms with E-state index in [0.717, 1.165) is 44.6 Å². The molecule has 0 aromatic heterocycles. The summed E-state index contributed by atoms with van der Waals surface area (Å²) in [6, 6.07) is 15.5. The average Bonchev–Trinajstić information content (AvgIpc) is 2.65. The van der Waals surface area contributed by atoms with Crippen molar-refractivity contribution in [2.45, 2.75) is 25.8 Å². The van der Waals surface area contributed by atoms with Gasteiger partial charge in [0.15, 0.2) is 0 Å². The molecule has 3 heteroatoms. The molecule has 1 atom stereocenters. The second kappa shape index (κ2) is 8.98. The minimum Gasteiger partial charge on any atom is -0.304 e. The van der Waals surface area contributed by atoms with Gasteiger partial charge in [-0.3, -0.25) is 4.90 Å². The molecular formula is C23H27FN2. The van der Waals surface area contributed by atoms with E-state index in [9.17, 15) is 4.39 Å². The first-order chi connectivity index (χ1) is 12.6. The maximum Gasteiger partial charge on any atom is 0.123 e. The third kappa shape index (κ3) is 5.42. The van der Waals surface area contributed by atoms with Crippen LogP contribution in [0.5, 0.6) is 0 Å². The second-order valence-corrected chi connectivity index (χ2v) is 7.16. The van der Waals surface area contributed by atoms with Crippen LogP contribution in [0.4, 0.5) is 4.39 Å². The van der Waals surface area contributed by atoms with Crippen LogP contribution in [0.3, 0.4) is 0 Å². The molecule has 1 saturated heterocycles. The highest BCUT2D eigenvalue weighted by molar-refractivity contribution is 5.37. The molecule has 0 N–H and O–H groups in total. The van der Waals surface area contributed by atoms with Gasteiger partial charge >= 0.3 is 0 Å². The Hall–Kier alpha value is -2.15. The number of halogens is 1. The van der Waals surface area contributed by atoms with Gasteiger partial charge in [-0.15, -0.1) is 0 Å². The highest BCUT2D eigenvalue weighted by Gasteiger charge is 2.20. The summed E-state index contributed by atoms with van der Waals surface area (Å²) in [5, 5.41) is 0. The summed E-state index contributed by atoms with van der Waals surface area (Å²) in [5.74, 6) is 6.69. The molecule has 0 spiro atoms. The first kappa shape index (κ1) is 18.6. The Labute approximate surface area is 156 Å². The van der Waals surface area contributed by atoms with E-state index in [-0.39, 0.29) is 11.9 Å². The Balaban J connectivity index is 1.71. The van der Waals surface area contributed by atoms with Gasteiger partial charge in [0.1, 0.15) is 5.82 Å². The molecule has 0 bridgehead atoms. The van der Waals surface area contributed by atoms with Crippen molar-refractivity contribution in [1.29, 1.82) is 0 Å². The van der Waals surface area contributed by atoms with Crippen LogP contribution < -0.4 is 0 Å². The lowest BCUT2D eigenvalue weighted by Crippen LogP contribution is -2.48. The van der Waals surface area contributed by atoms with Crippen molar-refractivity contribution in [3.8, 4) is 11.8 Å². The Morgan fingerprint density at radius 2 is 1.62 bits per heavy atom. The second-order valence-electron chi connectivity index (χ2n) is 7.16. The minimum absolute atomic E-state index is 0.177. The molecule has 1 heterocycles. The molecule has 1 unspecified atom stereocenters. The molecular weight excluding hydrogens is 323 g/mol. The summed E-state index contributed by atoms with van der Waals surface area (Å²) in [7, 11) is 2.17. The standard InChI is InChI=1S/C23H27FN2/c1-19-3-5-20(6-4-19)9-13-23(26-17-15-25(2)16-18-26)14-10-21-7-11-22(24)12-8-21/h3-8,11-12,23H,10,14-18H2,1-2H3. The van der Waals surface area contributed by atoms with Gasteiger partial charge in [-0.05, 0) is 56.6 Å². The molecule has 26 heavy (non-hydrogen) atoms. The van der Waals surface area contributed by atoms with Gasteiger partial charge < -0.3 is 4.90 Å². The molecule has 1 aliphatic heterocycles. The monoisotopic (exact) mass is 350 g/mol. The number of nitrogens with zero attached hydrogens (tertiary/aromatic N) is 2. The maximum absolute atomic E-state index is 13.1. The fourth-order valence-corrected chi connectivity index (χ4v) is 3.24. The average molecular weight is 350 g/mol. The Morgan fingerprint density at radius 1 is 0.962 bits per heavy atom. The third-order valence-electron chi connectivity index (χ3n) is 5.03. The molecule has 0 radical (unpaired) electrons. The number of benzene rings is 2. The van der Waals surface area contributed by atoms with E-state index in [1.807, 2.05) is 12.1 Å². The van der Waals surface area contributed by atoms with Crippen LogP contribution in [-0.2, 0) is 6.42 Å². The smallest absolute Gasteiger partial charge is 0.123 e. The van der Waals surface area contributed by atoms with Gasteiger partial charge in [0.2, 0.25) is 0 Å². The topological polar surface area (TPSA) is 6.48 Å². The first-order valence-electron chi connectivity index (χ1n) is 9.35. The van der Waals surface area contributed by atoms with Crippen LogP contribution in [0.1, 0.15) is 23.1 Å². The van der Waals surface area contributed by atoms with Crippen molar-refractivity contribution in [2.24, 2.45) is 0 Å². The molecule has 0 aliphatic carbocycles. The number of hydrogen-bond acceptors (Lipinski definition) is 2. The predicted molar refractivity (Wildman–Crippen MR) is 106 cm³/mol. The summed E-state index contributed by atoms with van der Waals surface area (Å²) >= 11 is 0. The number of rotatable bonds is 4. The molecule has 2 aromatic rings. The van der Waals surface area contributed by atoms with E-state index in [0.29, 0.717) is 0 Å². The van der Waals surface area contributed by atoms with Gasteiger partial charge in [0.25, 0.3) is 0 Å². The van der Waals surface area contributed by atoms with Gasteiger partial charge in [-0.1, -0.05) is 41.7 Å². The summed E-state index contributed by atoms with van der Waals surface area (Å²) < 4.78 is 13.1. The predicted octanol–water partition coefficient (Wildman–Crippen LogP) is 3.73. The van der Waals surface area contributed by atoms with E-state index in [1.54, 1.807) is 0 Å². The molecule has 0 amide bonds. The van der Waals surface area contributed by atoms with Crippen molar-refractivity contribution < 1.29 is 4.39 Å². The zero-order chi connectivity index (χ0) is 18.4. The van der Waals surface area contributed by atoms with Crippen LogP contribution in [0.2, 0.25) is 0 Å². The van der Waals surface area contributed by atoms with Crippen molar-refractivity contribution in [3.05, 3.63) is 71.0 Å². The lowest BCUT2D eigenvalue weighted by molar-refractivity contribution is 0.129. The van der Waals surface area contributed by atoms with Crippen LogP contribution in [0, 0.1) is 24.6 Å². The fraction of sp³-hybridized carbons (Fsp3) is 0.391. The molecule has 1 fully saturated rings. The molecule has 0 saturated carbocycles. The molecule has 3 rings (SSSR count). The zero-order valence-corrected chi connectivity index (χ0v) is 15.7. The number of piperazine rings is 1. The van der Waals surface area contributed by atoms with E-state index in [2.05, 4.69) is 59.9 Å². The van der Waals surface area contributed by atoms with E-state index in [1.165, 1.54) is 23.3 Å². The van der Waals surface area contributed by atoms with Gasteiger partial charge in [0.05, 0.1) is 6.04 Å². The van der Waals surface area contributed by atoms with Crippen LogP contribution in [0.25, 0.3) is 0 Å². The van der Waals surface area contributed by atoms with Gasteiger partial charge in [-0.2, -0.15) is 0 Å². The first-order valence-corrected chi connectivity index (χ1v) is 9.35. The Morgan fingerprint density at radius 3 is 2.27 bits per heavy atom. The van der Waals surface area contributed by atoms with Crippen molar-refractivity contribution in [1.82, 2.24) is 9.80 Å².